The van der Waals surface area contributed by atoms with Crippen molar-refractivity contribution in [3.63, 3.8) is 0 Å². The summed E-state index contributed by atoms with van der Waals surface area (Å²) < 4.78 is 1.58. The largest absolute Gasteiger partial charge is 0.352 e. The second-order valence-corrected chi connectivity index (χ2v) is 9.91. The molecule has 1 saturated heterocycles. The molecule has 0 aliphatic carbocycles. The lowest BCUT2D eigenvalue weighted by Gasteiger charge is -2.34. The Morgan fingerprint density at radius 1 is 0.805 bits per heavy atom. The molecule has 0 spiro atoms. The third-order valence-electron chi connectivity index (χ3n) is 7.26. The monoisotopic (exact) mass is 546 g/mol. The SMILES string of the molecule is Cc1nc(N2CCN(c3ncccn3)CC2)nc2c1ccc(=O)n2-c1ccc(C(=O)NCCc2ccccc2)cc1. The number of hydrogen-bond acceptors (Lipinski definition) is 8. The first-order valence-corrected chi connectivity index (χ1v) is 13.7. The van der Waals surface area contributed by atoms with Gasteiger partial charge in [0.15, 0.2) is 5.65 Å². The zero-order valence-electron chi connectivity index (χ0n) is 22.8. The number of nitrogens with zero attached hydrogens (tertiary/aromatic N) is 7. The summed E-state index contributed by atoms with van der Waals surface area (Å²) in [5.41, 5.74) is 3.46. The van der Waals surface area contributed by atoms with Crippen LogP contribution in [-0.2, 0) is 6.42 Å². The van der Waals surface area contributed by atoms with E-state index in [1.54, 1.807) is 53.4 Å². The van der Waals surface area contributed by atoms with Crippen molar-refractivity contribution in [3.05, 3.63) is 112 Å². The van der Waals surface area contributed by atoms with Gasteiger partial charge in [0, 0.05) is 62.1 Å². The number of carbonyl (C=O) groups is 1. The molecule has 2 aromatic carbocycles. The van der Waals surface area contributed by atoms with Gasteiger partial charge < -0.3 is 15.1 Å². The number of piperazine rings is 1. The predicted octanol–water partition coefficient (Wildman–Crippen LogP) is 3.18. The van der Waals surface area contributed by atoms with Crippen molar-refractivity contribution >= 4 is 28.8 Å². The molecular formula is C31H30N8O2. The molecule has 1 N–H and O–H groups in total. The summed E-state index contributed by atoms with van der Waals surface area (Å²) in [5, 5.41) is 3.77. The number of aromatic nitrogens is 5. The summed E-state index contributed by atoms with van der Waals surface area (Å²) in [7, 11) is 0. The zero-order chi connectivity index (χ0) is 28.2. The zero-order valence-corrected chi connectivity index (χ0v) is 22.8. The topological polar surface area (TPSA) is 109 Å². The van der Waals surface area contributed by atoms with Crippen LogP contribution < -0.4 is 20.7 Å². The summed E-state index contributed by atoms with van der Waals surface area (Å²) in [6.45, 7) is 5.35. The number of pyridine rings is 1. The molecule has 1 amide bonds. The van der Waals surface area contributed by atoms with E-state index in [0.29, 0.717) is 48.4 Å². The van der Waals surface area contributed by atoms with Crippen LogP contribution in [0.4, 0.5) is 11.9 Å². The van der Waals surface area contributed by atoms with Crippen LogP contribution in [0, 0.1) is 6.92 Å². The lowest BCUT2D eigenvalue weighted by molar-refractivity contribution is 0.0954. The Hall–Kier alpha value is -5.12. The van der Waals surface area contributed by atoms with Gasteiger partial charge in [0.05, 0.1) is 11.4 Å². The molecule has 10 heteroatoms. The van der Waals surface area contributed by atoms with Crippen molar-refractivity contribution in [2.75, 3.05) is 42.5 Å². The first-order chi connectivity index (χ1) is 20.1. The first kappa shape index (κ1) is 26.1. The highest BCUT2D eigenvalue weighted by atomic mass is 16.1. The average Bonchev–Trinajstić information content (AvgIpc) is 3.02. The van der Waals surface area contributed by atoms with Gasteiger partial charge in [0.2, 0.25) is 11.9 Å². The number of benzene rings is 2. The summed E-state index contributed by atoms with van der Waals surface area (Å²) in [6, 6.07) is 22.2. The number of amides is 1. The Kier molecular flexibility index (Phi) is 7.36. The van der Waals surface area contributed by atoms with Crippen LogP contribution in [0.2, 0.25) is 0 Å². The number of nitrogens with one attached hydrogen (secondary N) is 1. The standard InChI is InChI=1S/C31H30N8O2/c1-22-26-12-13-27(40)39(25-10-8-24(9-11-25)29(41)32-17-14-23-6-3-2-4-7-23)28(26)36-31(35-22)38-20-18-37(19-21-38)30-33-15-5-16-34-30/h2-13,15-16H,14,17-21H2,1H3,(H,32,41). The van der Waals surface area contributed by atoms with E-state index in [1.807, 2.05) is 37.3 Å². The fourth-order valence-electron chi connectivity index (χ4n) is 5.03. The van der Waals surface area contributed by atoms with E-state index in [4.69, 9.17) is 9.97 Å². The van der Waals surface area contributed by atoms with E-state index >= 15 is 0 Å². The molecule has 1 aliphatic rings. The third kappa shape index (κ3) is 5.62. The molecule has 0 unspecified atom stereocenters. The van der Waals surface area contributed by atoms with Crippen LogP contribution >= 0.6 is 0 Å². The minimum atomic E-state index is -0.201. The van der Waals surface area contributed by atoms with Gasteiger partial charge in [-0.3, -0.25) is 14.2 Å². The van der Waals surface area contributed by atoms with Crippen molar-refractivity contribution in [1.29, 1.82) is 0 Å². The maximum absolute atomic E-state index is 13.1. The number of hydrogen-bond donors (Lipinski definition) is 1. The summed E-state index contributed by atoms with van der Waals surface area (Å²) >= 11 is 0. The molecule has 1 aliphatic heterocycles. The van der Waals surface area contributed by atoms with Gasteiger partial charge in [-0.2, -0.15) is 4.98 Å². The molecule has 0 atom stereocenters. The summed E-state index contributed by atoms with van der Waals surface area (Å²) in [5.74, 6) is 1.14. The first-order valence-electron chi connectivity index (χ1n) is 13.7. The maximum atomic E-state index is 13.1. The highest BCUT2D eigenvalue weighted by Gasteiger charge is 2.22. The fraction of sp³-hybridized carbons (Fsp3) is 0.226. The molecule has 0 bridgehead atoms. The predicted molar refractivity (Wildman–Crippen MR) is 159 cm³/mol. The van der Waals surface area contributed by atoms with Crippen LogP contribution in [-0.4, -0.2) is 63.1 Å². The summed E-state index contributed by atoms with van der Waals surface area (Å²) in [6.07, 6.45) is 4.25. The molecule has 5 aromatic rings. The van der Waals surface area contributed by atoms with E-state index in [9.17, 15) is 9.59 Å². The van der Waals surface area contributed by atoms with E-state index in [2.05, 4.69) is 25.1 Å². The molecule has 0 saturated carbocycles. The number of carbonyl (C=O) groups excluding carboxylic acids is 1. The lowest BCUT2D eigenvalue weighted by Crippen LogP contribution is -2.47. The number of rotatable bonds is 7. The van der Waals surface area contributed by atoms with Gasteiger partial charge in [-0.25, -0.2) is 15.0 Å². The van der Waals surface area contributed by atoms with E-state index in [-0.39, 0.29) is 11.5 Å². The maximum Gasteiger partial charge on any atom is 0.256 e. The molecule has 0 radical (unpaired) electrons. The molecular weight excluding hydrogens is 516 g/mol. The average molecular weight is 547 g/mol. The van der Waals surface area contributed by atoms with Gasteiger partial charge in [-0.1, -0.05) is 30.3 Å². The number of aryl methyl sites for hydroxylation is 1. The van der Waals surface area contributed by atoms with E-state index < -0.39 is 0 Å². The minimum Gasteiger partial charge on any atom is -0.352 e. The Morgan fingerprint density at radius 2 is 1.49 bits per heavy atom. The van der Waals surface area contributed by atoms with Crippen LogP contribution in [0.1, 0.15) is 21.6 Å². The lowest BCUT2D eigenvalue weighted by atomic mass is 10.1. The summed E-state index contributed by atoms with van der Waals surface area (Å²) in [4.78, 5) is 48.5. The molecule has 6 rings (SSSR count). The van der Waals surface area contributed by atoms with E-state index in [1.165, 1.54) is 11.6 Å². The van der Waals surface area contributed by atoms with Crippen LogP contribution in [0.25, 0.3) is 16.7 Å². The van der Waals surface area contributed by atoms with Gasteiger partial charge in [-0.05, 0) is 55.3 Å². The minimum absolute atomic E-state index is 0.154. The highest BCUT2D eigenvalue weighted by molar-refractivity contribution is 5.94. The quantitative estimate of drug-likeness (QED) is 0.332. The molecule has 1 fully saturated rings. The molecule has 10 nitrogen and oxygen atoms in total. The fourth-order valence-corrected chi connectivity index (χ4v) is 5.03. The molecule has 4 heterocycles. The second kappa shape index (κ2) is 11.5. The van der Waals surface area contributed by atoms with Crippen LogP contribution in [0.15, 0.2) is 90.0 Å². The molecule has 41 heavy (non-hydrogen) atoms. The van der Waals surface area contributed by atoms with Gasteiger partial charge >= 0.3 is 0 Å². The highest BCUT2D eigenvalue weighted by Crippen LogP contribution is 2.22. The van der Waals surface area contributed by atoms with E-state index in [0.717, 1.165) is 30.6 Å². The number of anilines is 2. The second-order valence-electron chi connectivity index (χ2n) is 9.91. The Labute approximate surface area is 237 Å². The van der Waals surface area contributed by atoms with Gasteiger partial charge in [-0.15, -0.1) is 0 Å². The molecule has 206 valence electrons. The Balaban J connectivity index is 1.22. The van der Waals surface area contributed by atoms with Crippen molar-refractivity contribution in [2.24, 2.45) is 0 Å². The van der Waals surface area contributed by atoms with Gasteiger partial charge in [0.1, 0.15) is 0 Å². The third-order valence-corrected chi connectivity index (χ3v) is 7.26. The molecule has 3 aromatic heterocycles. The Morgan fingerprint density at radius 3 is 2.20 bits per heavy atom. The Bertz CT molecular complexity index is 1720. The smallest absolute Gasteiger partial charge is 0.256 e. The normalized spacial score (nSPS) is 13.4. The van der Waals surface area contributed by atoms with Crippen molar-refractivity contribution in [1.82, 2.24) is 29.8 Å². The van der Waals surface area contributed by atoms with Crippen molar-refractivity contribution < 1.29 is 4.79 Å². The number of fused-ring (bicyclic) bond motifs is 1. The van der Waals surface area contributed by atoms with Gasteiger partial charge in [0.25, 0.3) is 11.5 Å². The van der Waals surface area contributed by atoms with Crippen LogP contribution in [0.5, 0.6) is 0 Å². The van der Waals surface area contributed by atoms with Crippen molar-refractivity contribution in [2.45, 2.75) is 13.3 Å². The van der Waals surface area contributed by atoms with Crippen LogP contribution in [0.3, 0.4) is 0 Å². The van der Waals surface area contributed by atoms with Crippen molar-refractivity contribution in [3.8, 4) is 5.69 Å².